The van der Waals surface area contributed by atoms with E-state index in [1.807, 2.05) is 6.92 Å². The Morgan fingerprint density at radius 3 is 2.27 bits per heavy atom. The summed E-state index contributed by atoms with van der Waals surface area (Å²) < 4.78 is 0. The molecule has 0 heterocycles. The lowest BCUT2D eigenvalue weighted by Crippen LogP contribution is -2.31. The quantitative estimate of drug-likeness (QED) is 0.615. The van der Waals surface area contributed by atoms with Gasteiger partial charge in [0.25, 0.3) is 0 Å². The first-order chi connectivity index (χ1) is 7.11. The van der Waals surface area contributed by atoms with Crippen LogP contribution in [0.3, 0.4) is 0 Å². The molecule has 4 heteroatoms. The fourth-order valence-corrected chi connectivity index (χ4v) is 1.38. The number of nitrogens with zero attached hydrogens (tertiary/aromatic N) is 1. The van der Waals surface area contributed by atoms with Crippen LogP contribution in [0, 0.1) is 0 Å². The maximum atomic E-state index is 11.6. The van der Waals surface area contributed by atoms with Crippen molar-refractivity contribution < 1.29 is 9.59 Å². The predicted octanol–water partition coefficient (Wildman–Crippen LogP) is 1.61. The number of unbranched alkanes of at least 4 members (excludes halogenated alkanes) is 1. The van der Waals surface area contributed by atoms with Crippen LogP contribution < -0.4 is 5.73 Å². The molecule has 0 fully saturated rings. The van der Waals surface area contributed by atoms with Crippen molar-refractivity contribution in [1.29, 1.82) is 0 Å². The van der Waals surface area contributed by atoms with Gasteiger partial charge in [-0.15, -0.1) is 0 Å². The molecule has 0 bridgehead atoms. The maximum Gasteiger partial charge on any atom is 0.238 e. The van der Waals surface area contributed by atoms with Gasteiger partial charge < -0.3 is 4.90 Å². The highest BCUT2D eigenvalue weighted by Gasteiger charge is 2.10. The molecule has 1 N–H and O–H groups in total. The van der Waals surface area contributed by atoms with Crippen molar-refractivity contribution in [1.82, 2.24) is 10.6 Å². The summed E-state index contributed by atoms with van der Waals surface area (Å²) in [6.07, 6.45) is 3.39. The summed E-state index contributed by atoms with van der Waals surface area (Å²) >= 11 is 0. The van der Waals surface area contributed by atoms with Crippen LogP contribution in [0.25, 0.3) is 0 Å². The lowest BCUT2D eigenvalue weighted by molar-refractivity contribution is -0.131. The summed E-state index contributed by atoms with van der Waals surface area (Å²) in [5, 5.41) is 0. The Morgan fingerprint density at radius 1 is 1.13 bits per heavy atom. The van der Waals surface area contributed by atoms with Crippen LogP contribution in [0.1, 0.15) is 46.0 Å². The van der Waals surface area contributed by atoms with Crippen LogP contribution in [0.4, 0.5) is 0 Å². The molecule has 15 heavy (non-hydrogen) atoms. The van der Waals surface area contributed by atoms with Gasteiger partial charge in [0.15, 0.2) is 0 Å². The predicted molar refractivity (Wildman–Crippen MR) is 59.1 cm³/mol. The molecule has 0 saturated heterocycles. The second kappa shape index (κ2) is 8.26. The minimum atomic E-state index is -0.549. The summed E-state index contributed by atoms with van der Waals surface area (Å²) in [4.78, 5) is 23.8. The molecule has 0 aromatic rings. The topological polar surface area (TPSA) is 61.2 Å². The van der Waals surface area contributed by atoms with Crippen molar-refractivity contribution in [3.8, 4) is 0 Å². The molecule has 4 nitrogen and oxygen atoms in total. The van der Waals surface area contributed by atoms with Gasteiger partial charge in [-0.3, -0.25) is 15.3 Å². The van der Waals surface area contributed by atoms with Crippen LogP contribution in [0.5, 0.6) is 0 Å². The third-order valence-electron chi connectivity index (χ3n) is 2.31. The molecule has 0 spiro atoms. The van der Waals surface area contributed by atoms with Crippen molar-refractivity contribution in [2.45, 2.75) is 46.0 Å². The van der Waals surface area contributed by atoms with E-state index in [4.69, 9.17) is 5.73 Å². The fraction of sp³-hybridized carbons (Fsp3) is 0.818. The van der Waals surface area contributed by atoms with Crippen molar-refractivity contribution in [2.24, 2.45) is 0 Å². The number of carbonyl (C=O) groups is 2. The number of rotatable bonds is 8. The molecular weight excluding hydrogens is 192 g/mol. The lowest BCUT2D eigenvalue weighted by Gasteiger charge is -2.20. The minimum Gasteiger partial charge on any atom is -0.343 e. The van der Waals surface area contributed by atoms with Gasteiger partial charge in [0.2, 0.25) is 11.8 Å². The molecule has 0 aromatic carbocycles. The van der Waals surface area contributed by atoms with Crippen LogP contribution in [-0.4, -0.2) is 29.8 Å². The van der Waals surface area contributed by atoms with E-state index in [1.165, 1.54) is 0 Å². The Kier molecular flexibility index (Phi) is 7.68. The maximum absolute atomic E-state index is 11.6. The summed E-state index contributed by atoms with van der Waals surface area (Å²) in [5.41, 5.74) is 6.75. The second-order valence-corrected chi connectivity index (χ2v) is 3.60. The molecule has 2 amide bonds. The lowest BCUT2D eigenvalue weighted by atomic mass is 10.2. The van der Waals surface area contributed by atoms with Crippen molar-refractivity contribution in [3.63, 3.8) is 0 Å². The third kappa shape index (κ3) is 6.94. The Hall–Kier alpha value is -1.06. The number of nitrogens with one attached hydrogen (secondary N) is 1. The Bertz CT molecular complexity index is 205. The van der Waals surface area contributed by atoms with Crippen molar-refractivity contribution >= 4 is 11.8 Å². The average Bonchev–Trinajstić information content (AvgIpc) is 2.20. The van der Waals surface area contributed by atoms with E-state index in [9.17, 15) is 9.59 Å². The van der Waals surface area contributed by atoms with Crippen LogP contribution in [-0.2, 0) is 9.59 Å². The zero-order valence-corrected chi connectivity index (χ0v) is 9.71. The molecule has 0 atom stereocenters. The first-order valence-corrected chi connectivity index (χ1v) is 5.64. The summed E-state index contributed by atoms with van der Waals surface area (Å²) in [5.74, 6) is -0.385. The van der Waals surface area contributed by atoms with Crippen molar-refractivity contribution in [3.05, 3.63) is 0 Å². The smallest absolute Gasteiger partial charge is 0.238 e. The van der Waals surface area contributed by atoms with Gasteiger partial charge >= 0.3 is 0 Å². The molecule has 0 aliphatic carbocycles. The SMILES string of the molecule is CCCCC(=O)N(CC)CCCC([NH])=O. The zero-order chi connectivity index (χ0) is 11.7. The normalized spacial score (nSPS) is 10.0. The van der Waals surface area contributed by atoms with Crippen LogP contribution in [0.2, 0.25) is 0 Å². The minimum absolute atomic E-state index is 0.164. The standard InChI is InChI=1S/C11H21N2O2/c1-3-5-8-11(15)13(4-2)9-6-7-10(12)14/h12H,3-9H2,1-2H3. The van der Waals surface area contributed by atoms with Gasteiger partial charge in [-0.25, -0.2) is 0 Å². The number of amides is 2. The highest BCUT2D eigenvalue weighted by atomic mass is 16.2. The third-order valence-corrected chi connectivity index (χ3v) is 2.31. The monoisotopic (exact) mass is 213 g/mol. The highest BCUT2D eigenvalue weighted by molar-refractivity contribution is 5.76. The van der Waals surface area contributed by atoms with E-state index in [0.717, 1.165) is 12.8 Å². The highest BCUT2D eigenvalue weighted by Crippen LogP contribution is 2.02. The van der Waals surface area contributed by atoms with Gasteiger partial charge in [0, 0.05) is 25.9 Å². The first-order valence-electron chi connectivity index (χ1n) is 5.64. The molecule has 0 aliphatic rings. The van der Waals surface area contributed by atoms with Gasteiger partial charge in [-0.2, -0.15) is 0 Å². The summed E-state index contributed by atoms with van der Waals surface area (Å²) in [7, 11) is 0. The Labute approximate surface area is 91.8 Å². The van der Waals surface area contributed by atoms with Gasteiger partial charge in [-0.05, 0) is 19.8 Å². The fourth-order valence-electron chi connectivity index (χ4n) is 1.38. The molecular formula is C11H21N2O2. The van der Waals surface area contributed by atoms with Gasteiger partial charge in [0.1, 0.15) is 0 Å². The second-order valence-electron chi connectivity index (χ2n) is 3.60. The number of carbonyl (C=O) groups excluding carboxylic acids is 2. The largest absolute Gasteiger partial charge is 0.343 e. The van der Waals surface area contributed by atoms with E-state index in [0.29, 0.717) is 25.9 Å². The molecule has 0 aromatic heterocycles. The van der Waals surface area contributed by atoms with E-state index in [1.54, 1.807) is 4.90 Å². The van der Waals surface area contributed by atoms with Crippen molar-refractivity contribution in [2.75, 3.05) is 13.1 Å². The summed E-state index contributed by atoms with van der Waals surface area (Å²) in [6.45, 7) is 5.28. The number of hydrogen-bond donors (Lipinski definition) is 0. The van der Waals surface area contributed by atoms with Gasteiger partial charge in [0.05, 0.1) is 0 Å². The summed E-state index contributed by atoms with van der Waals surface area (Å²) in [6, 6.07) is 0. The molecule has 1 radical (unpaired) electrons. The van der Waals surface area contributed by atoms with Gasteiger partial charge in [-0.1, -0.05) is 13.3 Å². The van der Waals surface area contributed by atoms with E-state index >= 15 is 0 Å². The molecule has 0 unspecified atom stereocenters. The average molecular weight is 213 g/mol. The zero-order valence-electron chi connectivity index (χ0n) is 9.71. The van der Waals surface area contributed by atoms with E-state index in [-0.39, 0.29) is 12.3 Å². The van der Waals surface area contributed by atoms with Crippen LogP contribution >= 0.6 is 0 Å². The Balaban J connectivity index is 3.79. The van der Waals surface area contributed by atoms with E-state index in [2.05, 4.69) is 6.92 Å². The number of hydrogen-bond acceptors (Lipinski definition) is 2. The molecule has 87 valence electrons. The Morgan fingerprint density at radius 2 is 1.80 bits per heavy atom. The molecule has 0 aliphatic heterocycles. The van der Waals surface area contributed by atoms with E-state index < -0.39 is 5.91 Å². The first kappa shape index (κ1) is 13.9. The van der Waals surface area contributed by atoms with Crippen LogP contribution in [0.15, 0.2) is 0 Å². The molecule has 0 saturated carbocycles. The molecule has 0 rings (SSSR count).